The van der Waals surface area contributed by atoms with Crippen LogP contribution in [-0.4, -0.2) is 41.1 Å². The molecular weight excluding hydrogens is 456 g/mol. The van der Waals surface area contributed by atoms with Crippen molar-refractivity contribution in [3.63, 3.8) is 0 Å². The molecule has 0 atom stereocenters. The van der Waals surface area contributed by atoms with Crippen molar-refractivity contribution >= 4 is 34.7 Å². The number of para-hydroxylation sites is 2. The number of carbonyl (C=O) groups excluding carboxylic acids is 1. The van der Waals surface area contributed by atoms with Gasteiger partial charge in [0.2, 0.25) is 5.91 Å². The van der Waals surface area contributed by atoms with Crippen LogP contribution in [0.3, 0.4) is 0 Å². The summed E-state index contributed by atoms with van der Waals surface area (Å²) in [7, 11) is 3.22. The summed E-state index contributed by atoms with van der Waals surface area (Å²) in [5.41, 5.74) is 3.28. The number of thiazole rings is 1. The maximum atomic E-state index is 12.3. The smallest absolute Gasteiger partial charge is 0.234 e. The predicted octanol–water partition coefficient (Wildman–Crippen LogP) is 5.32. The zero-order valence-electron chi connectivity index (χ0n) is 18.4. The highest BCUT2D eigenvalue weighted by Crippen LogP contribution is 2.35. The summed E-state index contributed by atoms with van der Waals surface area (Å²) in [6, 6.07) is 18.9. The van der Waals surface area contributed by atoms with E-state index in [4.69, 9.17) is 14.5 Å². The van der Waals surface area contributed by atoms with Gasteiger partial charge in [-0.1, -0.05) is 36.0 Å². The van der Waals surface area contributed by atoms with Crippen molar-refractivity contribution in [2.75, 3.05) is 25.3 Å². The molecule has 0 saturated carbocycles. The SMILES string of the molecule is COc1cccc(-c2nc(C)c(-c3ccc(SCC(=O)Nc4ccccc4OC)nn3)s2)c1. The predicted molar refractivity (Wildman–Crippen MR) is 132 cm³/mol. The summed E-state index contributed by atoms with van der Waals surface area (Å²) in [5.74, 6) is 1.48. The van der Waals surface area contributed by atoms with Crippen molar-refractivity contribution in [3.8, 4) is 32.6 Å². The van der Waals surface area contributed by atoms with Crippen LogP contribution in [0, 0.1) is 6.92 Å². The Morgan fingerprint density at radius 2 is 1.88 bits per heavy atom. The Labute approximate surface area is 200 Å². The number of aryl methyl sites for hydroxylation is 1. The van der Waals surface area contributed by atoms with Gasteiger partial charge in [0.1, 0.15) is 27.2 Å². The first kappa shape index (κ1) is 22.8. The van der Waals surface area contributed by atoms with Crippen LogP contribution in [0.2, 0.25) is 0 Å². The number of anilines is 1. The van der Waals surface area contributed by atoms with E-state index in [1.807, 2.05) is 55.5 Å². The van der Waals surface area contributed by atoms with E-state index < -0.39 is 0 Å². The number of aromatic nitrogens is 3. The molecular formula is C24H22N4O3S2. The summed E-state index contributed by atoms with van der Waals surface area (Å²) in [6.07, 6.45) is 0. The van der Waals surface area contributed by atoms with E-state index in [-0.39, 0.29) is 11.7 Å². The van der Waals surface area contributed by atoms with Gasteiger partial charge in [0, 0.05) is 5.56 Å². The van der Waals surface area contributed by atoms with Crippen molar-refractivity contribution < 1.29 is 14.3 Å². The van der Waals surface area contributed by atoms with Gasteiger partial charge in [-0.25, -0.2) is 4.98 Å². The molecule has 0 spiro atoms. The van der Waals surface area contributed by atoms with Gasteiger partial charge in [0.25, 0.3) is 0 Å². The van der Waals surface area contributed by atoms with Crippen molar-refractivity contribution in [2.24, 2.45) is 0 Å². The Balaban J connectivity index is 1.41. The lowest BCUT2D eigenvalue weighted by atomic mass is 10.2. The van der Waals surface area contributed by atoms with Gasteiger partial charge in [0.15, 0.2) is 0 Å². The average molecular weight is 479 g/mol. The number of methoxy groups -OCH3 is 2. The van der Waals surface area contributed by atoms with Crippen molar-refractivity contribution in [1.82, 2.24) is 15.2 Å². The Bertz CT molecular complexity index is 1260. The van der Waals surface area contributed by atoms with Crippen molar-refractivity contribution in [2.45, 2.75) is 11.9 Å². The lowest BCUT2D eigenvalue weighted by molar-refractivity contribution is -0.113. The first-order valence-corrected chi connectivity index (χ1v) is 11.9. The van der Waals surface area contributed by atoms with E-state index in [0.29, 0.717) is 16.5 Å². The highest BCUT2D eigenvalue weighted by atomic mass is 32.2. The minimum absolute atomic E-state index is 0.142. The highest BCUT2D eigenvalue weighted by Gasteiger charge is 2.14. The fourth-order valence-corrected chi connectivity index (χ4v) is 4.75. The second kappa shape index (κ2) is 10.5. The molecule has 1 amide bonds. The first-order valence-electron chi connectivity index (χ1n) is 10.1. The van der Waals surface area contributed by atoms with Crippen LogP contribution in [0.4, 0.5) is 5.69 Å². The molecule has 2 heterocycles. The standard InChI is InChI=1S/C24H22N4O3S2/c1-15-23(33-24(25-15)16-7-6-8-17(13-16)30-2)19-11-12-22(28-27-19)32-14-21(29)26-18-9-4-5-10-20(18)31-3/h4-13H,14H2,1-3H3,(H,26,29). The quantitative estimate of drug-likeness (QED) is 0.343. The van der Waals surface area contributed by atoms with Crippen LogP contribution in [0.15, 0.2) is 65.7 Å². The van der Waals surface area contributed by atoms with E-state index >= 15 is 0 Å². The number of ether oxygens (including phenoxy) is 2. The van der Waals surface area contributed by atoms with Gasteiger partial charge in [-0.05, 0) is 43.3 Å². The highest BCUT2D eigenvalue weighted by molar-refractivity contribution is 7.99. The van der Waals surface area contributed by atoms with Crippen molar-refractivity contribution in [1.29, 1.82) is 0 Å². The maximum absolute atomic E-state index is 12.3. The van der Waals surface area contributed by atoms with Crippen LogP contribution in [0.5, 0.6) is 11.5 Å². The minimum Gasteiger partial charge on any atom is -0.497 e. The molecule has 0 aliphatic rings. The Morgan fingerprint density at radius 1 is 1.03 bits per heavy atom. The molecule has 0 unspecified atom stereocenters. The van der Waals surface area contributed by atoms with Crippen LogP contribution < -0.4 is 14.8 Å². The largest absolute Gasteiger partial charge is 0.497 e. The number of nitrogens with one attached hydrogen (secondary N) is 1. The normalized spacial score (nSPS) is 10.6. The lowest BCUT2D eigenvalue weighted by Crippen LogP contribution is -2.14. The molecule has 9 heteroatoms. The third kappa shape index (κ3) is 5.50. The molecule has 0 bridgehead atoms. The fraction of sp³-hybridized carbons (Fsp3) is 0.167. The zero-order valence-corrected chi connectivity index (χ0v) is 20.0. The van der Waals surface area contributed by atoms with E-state index in [0.717, 1.165) is 32.6 Å². The third-order valence-corrected chi connectivity index (χ3v) is 6.87. The Hall–Kier alpha value is -3.43. The molecule has 4 rings (SSSR count). The van der Waals surface area contributed by atoms with Gasteiger partial charge in [-0.15, -0.1) is 21.5 Å². The molecule has 2 aromatic carbocycles. The summed E-state index contributed by atoms with van der Waals surface area (Å²) < 4.78 is 10.6. The second-order valence-corrected chi connectivity index (χ2v) is 8.95. The molecule has 4 aromatic rings. The molecule has 0 saturated heterocycles. The number of hydrogen-bond donors (Lipinski definition) is 1. The molecule has 168 valence electrons. The van der Waals surface area contributed by atoms with Crippen LogP contribution in [-0.2, 0) is 4.79 Å². The molecule has 0 fully saturated rings. The number of rotatable bonds is 8. The number of thioether (sulfide) groups is 1. The van der Waals surface area contributed by atoms with Crippen LogP contribution in [0.25, 0.3) is 21.1 Å². The lowest BCUT2D eigenvalue weighted by Gasteiger charge is -2.09. The summed E-state index contributed by atoms with van der Waals surface area (Å²) in [4.78, 5) is 18.0. The van der Waals surface area contributed by atoms with Gasteiger partial charge >= 0.3 is 0 Å². The first-order chi connectivity index (χ1) is 16.1. The number of benzene rings is 2. The number of amides is 1. The summed E-state index contributed by atoms with van der Waals surface area (Å²) in [6.45, 7) is 1.96. The van der Waals surface area contributed by atoms with E-state index in [9.17, 15) is 4.79 Å². The fourth-order valence-electron chi connectivity index (χ4n) is 3.11. The van der Waals surface area contributed by atoms with Gasteiger partial charge in [-0.3, -0.25) is 4.79 Å². The van der Waals surface area contributed by atoms with Crippen LogP contribution >= 0.6 is 23.1 Å². The van der Waals surface area contributed by atoms with Gasteiger partial charge in [0.05, 0.1) is 36.2 Å². The number of carbonyl (C=O) groups is 1. The molecule has 7 nitrogen and oxygen atoms in total. The zero-order chi connectivity index (χ0) is 23.2. The summed E-state index contributed by atoms with van der Waals surface area (Å²) >= 11 is 2.88. The molecule has 2 aromatic heterocycles. The monoisotopic (exact) mass is 478 g/mol. The Kier molecular flexibility index (Phi) is 7.21. The molecule has 0 radical (unpaired) electrons. The van der Waals surface area contributed by atoms with E-state index in [1.54, 1.807) is 37.7 Å². The maximum Gasteiger partial charge on any atom is 0.234 e. The van der Waals surface area contributed by atoms with Gasteiger partial charge < -0.3 is 14.8 Å². The second-order valence-electron chi connectivity index (χ2n) is 6.96. The molecule has 0 aliphatic carbocycles. The van der Waals surface area contributed by atoms with Crippen LogP contribution in [0.1, 0.15) is 5.69 Å². The van der Waals surface area contributed by atoms with Gasteiger partial charge in [-0.2, -0.15) is 0 Å². The topological polar surface area (TPSA) is 86.2 Å². The number of hydrogen-bond acceptors (Lipinski definition) is 8. The van der Waals surface area contributed by atoms with Crippen molar-refractivity contribution in [3.05, 3.63) is 66.4 Å². The Morgan fingerprint density at radius 3 is 2.64 bits per heavy atom. The molecule has 0 aliphatic heterocycles. The minimum atomic E-state index is -0.142. The molecule has 1 N–H and O–H groups in total. The molecule has 33 heavy (non-hydrogen) atoms. The summed E-state index contributed by atoms with van der Waals surface area (Å²) in [5, 5.41) is 13.1. The van der Waals surface area contributed by atoms with E-state index in [2.05, 4.69) is 15.5 Å². The average Bonchev–Trinajstić information content (AvgIpc) is 3.25. The third-order valence-electron chi connectivity index (χ3n) is 4.72. The number of nitrogens with zero attached hydrogens (tertiary/aromatic N) is 3. The van der Waals surface area contributed by atoms with E-state index in [1.165, 1.54) is 11.8 Å².